The molecular formula is C26H27FN2O. The van der Waals surface area contributed by atoms with Crippen LogP contribution in [0, 0.1) is 5.82 Å². The molecule has 0 atom stereocenters. The van der Waals surface area contributed by atoms with Crippen molar-refractivity contribution in [2.24, 2.45) is 0 Å². The molecule has 1 aliphatic heterocycles. The first-order valence-electron chi connectivity index (χ1n) is 10.6. The van der Waals surface area contributed by atoms with Crippen LogP contribution >= 0.6 is 0 Å². The van der Waals surface area contributed by atoms with Gasteiger partial charge in [-0.3, -0.25) is 9.47 Å². The number of carbonyl (C=O) groups is 1. The molecule has 3 aromatic rings. The quantitative estimate of drug-likeness (QED) is 0.372. The second-order valence-electron chi connectivity index (χ2n) is 8.02. The number of hydrogen-bond donors (Lipinski definition) is 0. The van der Waals surface area contributed by atoms with Gasteiger partial charge in [-0.1, -0.05) is 56.3 Å². The zero-order valence-corrected chi connectivity index (χ0v) is 17.5. The van der Waals surface area contributed by atoms with Crippen LogP contribution in [0.15, 0.2) is 60.7 Å². The van der Waals surface area contributed by atoms with Gasteiger partial charge >= 0.3 is 0 Å². The summed E-state index contributed by atoms with van der Waals surface area (Å²) in [6, 6.07) is 17.0. The Morgan fingerprint density at radius 2 is 1.60 bits per heavy atom. The molecule has 2 aromatic carbocycles. The maximum Gasteiger partial charge on any atom is 0.142 e. The lowest BCUT2D eigenvalue weighted by atomic mass is 9.94. The van der Waals surface area contributed by atoms with Crippen LogP contribution in [-0.2, 0) is 4.79 Å². The molecule has 1 aromatic heterocycles. The smallest absolute Gasteiger partial charge is 0.142 e. The van der Waals surface area contributed by atoms with Crippen molar-refractivity contribution in [1.29, 1.82) is 0 Å². The predicted molar refractivity (Wildman–Crippen MR) is 122 cm³/mol. The number of carbonyl (C=O) groups excluding carboxylic acids is 1. The van der Waals surface area contributed by atoms with Gasteiger partial charge in [0.15, 0.2) is 0 Å². The third-order valence-electron chi connectivity index (χ3n) is 5.66. The first kappa shape index (κ1) is 20.1. The normalized spacial score (nSPS) is 14.2. The third-order valence-corrected chi connectivity index (χ3v) is 5.66. The van der Waals surface area contributed by atoms with Crippen molar-refractivity contribution in [1.82, 2.24) is 4.68 Å². The van der Waals surface area contributed by atoms with E-state index in [2.05, 4.69) is 35.7 Å². The molecule has 1 fully saturated rings. The van der Waals surface area contributed by atoms with E-state index in [4.69, 9.17) is 0 Å². The molecule has 0 N–H and O–H groups in total. The molecule has 4 rings (SSSR count). The monoisotopic (exact) mass is 402 g/mol. The van der Waals surface area contributed by atoms with Gasteiger partial charge in [-0.15, -0.1) is 0 Å². The van der Waals surface area contributed by atoms with Crippen molar-refractivity contribution in [3.8, 4) is 22.4 Å². The van der Waals surface area contributed by atoms with Crippen LogP contribution in [0.1, 0.15) is 43.9 Å². The summed E-state index contributed by atoms with van der Waals surface area (Å²) in [5, 5.41) is 2.41. The van der Waals surface area contributed by atoms with Crippen LogP contribution in [0.3, 0.4) is 0 Å². The highest BCUT2D eigenvalue weighted by Gasteiger charge is 2.29. The summed E-state index contributed by atoms with van der Waals surface area (Å²) in [6.45, 7) is 6.36. The number of nitrogens with zero attached hydrogens (tertiary/aromatic N) is 2. The van der Waals surface area contributed by atoms with Crippen LogP contribution in [-0.4, -0.2) is 24.1 Å². The topological polar surface area (TPSA) is 25.2 Å². The van der Waals surface area contributed by atoms with Gasteiger partial charge in [0, 0.05) is 29.8 Å². The predicted octanol–water partition coefficient (Wildman–Crippen LogP) is 6.03. The summed E-state index contributed by atoms with van der Waals surface area (Å²) in [6.07, 6.45) is 6.59. The van der Waals surface area contributed by atoms with Gasteiger partial charge in [0.2, 0.25) is 0 Å². The number of halogens is 1. The molecule has 30 heavy (non-hydrogen) atoms. The van der Waals surface area contributed by atoms with E-state index in [9.17, 15) is 9.18 Å². The first-order valence-corrected chi connectivity index (χ1v) is 10.6. The summed E-state index contributed by atoms with van der Waals surface area (Å²) in [4.78, 5) is 11.2. The van der Waals surface area contributed by atoms with Crippen molar-refractivity contribution in [2.45, 2.75) is 32.6 Å². The van der Waals surface area contributed by atoms with Gasteiger partial charge in [0.05, 0.1) is 11.4 Å². The highest BCUT2D eigenvalue weighted by Crippen LogP contribution is 2.43. The number of benzene rings is 2. The van der Waals surface area contributed by atoms with Crippen LogP contribution in [0.2, 0.25) is 0 Å². The molecule has 4 heteroatoms. The molecule has 1 aliphatic rings. The van der Waals surface area contributed by atoms with Gasteiger partial charge in [0.25, 0.3) is 0 Å². The van der Waals surface area contributed by atoms with Crippen molar-refractivity contribution in [3.63, 3.8) is 0 Å². The Balaban J connectivity index is 2.12. The molecular weight excluding hydrogens is 375 g/mol. The van der Waals surface area contributed by atoms with E-state index < -0.39 is 0 Å². The summed E-state index contributed by atoms with van der Waals surface area (Å²) in [5.74, 6) is -0.0124. The minimum absolute atomic E-state index is 0.244. The summed E-state index contributed by atoms with van der Waals surface area (Å²) in [5.41, 5.74) is 6.38. The van der Waals surface area contributed by atoms with Gasteiger partial charge < -0.3 is 5.01 Å². The lowest BCUT2D eigenvalue weighted by Crippen LogP contribution is -2.33. The number of aromatic nitrogens is 1. The average molecular weight is 403 g/mol. The molecule has 0 aliphatic carbocycles. The number of aldehydes is 1. The molecule has 0 unspecified atom stereocenters. The fourth-order valence-electron chi connectivity index (χ4n) is 4.42. The van der Waals surface area contributed by atoms with Crippen LogP contribution in [0.5, 0.6) is 0 Å². The summed E-state index contributed by atoms with van der Waals surface area (Å²) >= 11 is 0. The average Bonchev–Trinajstić information content (AvgIpc) is 3.39. The largest absolute Gasteiger partial charge is 0.312 e. The van der Waals surface area contributed by atoms with Crippen molar-refractivity contribution >= 4 is 12.4 Å². The molecule has 0 saturated carbocycles. The Labute approximate surface area is 177 Å². The number of allylic oxidation sites excluding steroid dienone is 1. The van der Waals surface area contributed by atoms with E-state index in [0.717, 1.165) is 60.2 Å². The minimum atomic E-state index is -0.256. The second kappa shape index (κ2) is 8.70. The molecule has 2 heterocycles. The Bertz CT molecular complexity index is 1040. The Morgan fingerprint density at radius 3 is 2.20 bits per heavy atom. The van der Waals surface area contributed by atoms with Crippen molar-refractivity contribution in [2.75, 3.05) is 18.1 Å². The van der Waals surface area contributed by atoms with Crippen LogP contribution in [0.25, 0.3) is 28.5 Å². The van der Waals surface area contributed by atoms with Gasteiger partial charge in [-0.25, -0.2) is 4.39 Å². The molecule has 1 saturated heterocycles. The van der Waals surface area contributed by atoms with Gasteiger partial charge in [-0.2, -0.15) is 0 Å². The van der Waals surface area contributed by atoms with Crippen LogP contribution in [0.4, 0.5) is 4.39 Å². The number of hydrogen-bond acceptors (Lipinski definition) is 2. The summed E-state index contributed by atoms with van der Waals surface area (Å²) < 4.78 is 16.1. The zero-order valence-electron chi connectivity index (χ0n) is 17.5. The van der Waals surface area contributed by atoms with E-state index in [1.165, 1.54) is 17.8 Å². The molecule has 3 nitrogen and oxygen atoms in total. The Kier molecular flexibility index (Phi) is 5.84. The lowest BCUT2D eigenvalue weighted by molar-refractivity contribution is -0.104. The Hall–Kier alpha value is -3.14. The van der Waals surface area contributed by atoms with E-state index >= 15 is 0 Å². The van der Waals surface area contributed by atoms with Gasteiger partial charge in [0.1, 0.15) is 12.1 Å². The van der Waals surface area contributed by atoms with E-state index in [0.29, 0.717) is 0 Å². The fourth-order valence-corrected chi connectivity index (χ4v) is 4.42. The molecule has 0 amide bonds. The number of rotatable bonds is 6. The standard InChI is InChI=1S/C26H27FN2O/c1-19(2)25-23(11-8-18-30)24(20-12-14-22(27)15-13-20)26(21-9-4-3-5-10-21)29(25)28-16-6-7-17-28/h3-5,8-15,18-19H,6-7,16-17H2,1-2H3. The maximum absolute atomic E-state index is 13.7. The maximum atomic E-state index is 13.7. The minimum Gasteiger partial charge on any atom is -0.312 e. The molecule has 0 spiro atoms. The van der Waals surface area contributed by atoms with E-state index in [1.54, 1.807) is 6.08 Å². The highest BCUT2D eigenvalue weighted by molar-refractivity contribution is 5.92. The van der Waals surface area contributed by atoms with E-state index in [-0.39, 0.29) is 11.7 Å². The van der Waals surface area contributed by atoms with E-state index in [1.807, 2.05) is 36.4 Å². The lowest BCUT2D eigenvalue weighted by Gasteiger charge is -2.27. The second-order valence-corrected chi connectivity index (χ2v) is 8.02. The summed E-state index contributed by atoms with van der Waals surface area (Å²) in [7, 11) is 0. The highest BCUT2D eigenvalue weighted by atomic mass is 19.1. The van der Waals surface area contributed by atoms with Crippen molar-refractivity contribution < 1.29 is 9.18 Å². The van der Waals surface area contributed by atoms with Crippen molar-refractivity contribution in [3.05, 3.63) is 77.7 Å². The first-order chi connectivity index (χ1) is 14.6. The van der Waals surface area contributed by atoms with Crippen LogP contribution < -0.4 is 5.01 Å². The SMILES string of the molecule is CC(C)c1c(C=CC=O)c(-c2ccc(F)cc2)c(-c2ccccc2)n1N1CCCC1. The molecule has 154 valence electrons. The third kappa shape index (κ3) is 3.70. The molecule has 0 bridgehead atoms. The Morgan fingerprint density at radius 1 is 0.933 bits per heavy atom. The molecule has 0 radical (unpaired) electrons. The fraction of sp³-hybridized carbons (Fsp3) is 0.269. The van der Waals surface area contributed by atoms with Gasteiger partial charge in [-0.05, 0) is 48.6 Å². The zero-order chi connectivity index (χ0) is 21.1.